The molecule has 0 N–H and O–H groups in total. The minimum Gasteiger partial charge on any atom is -0.489 e. The summed E-state index contributed by atoms with van der Waals surface area (Å²) in [6, 6.07) is 17.4. The second-order valence-electron chi connectivity index (χ2n) is 6.66. The van der Waals surface area contributed by atoms with Gasteiger partial charge in [0.1, 0.15) is 12.4 Å². The maximum Gasteiger partial charge on any atom is 0.120 e. The van der Waals surface area contributed by atoms with Crippen LogP contribution in [-0.2, 0) is 17.8 Å². The predicted molar refractivity (Wildman–Crippen MR) is 95.3 cm³/mol. The molecule has 2 aliphatic rings. The van der Waals surface area contributed by atoms with Crippen LogP contribution in [0.5, 0.6) is 5.75 Å². The van der Waals surface area contributed by atoms with Gasteiger partial charge in [0, 0.05) is 12.6 Å². The van der Waals surface area contributed by atoms with Crippen LogP contribution >= 0.6 is 0 Å². The van der Waals surface area contributed by atoms with E-state index >= 15 is 0 Å². The number of fused-ring (bicyclic) bond motifs is 3. The molecule has 4 rings (SSSR count). The summed E-state index contributed by atoms with van der Waals surface area (Å²) in [5.74, 6) is 0.958. The van der Waals surface area contributed by atoms with E-state index in [9.17, 15) is 0 Å². The number of ether oxygens (including phenoxy) is 2. The minimum atomic E-state index is 0.227. The Morgan fingerprint density at radius 1 is 1.17 bits per heavy atom. The van der Waals surface area contributed by atoms with Crippen molar-refractivity contribution < 1.29 is 9.47 Å². The highest BCUT2D eigenvalue weighted by atomic mass is 16.5. The second-order valence-corrected chi connectivity index (χ2v) is 6.66. The Morgan fingerprint density at radius 2 is 2.04 bits per heavy atom. The summed E-state index contributed by atoms with van der Waals surface area (Å²) in [6.07, 6.45) is 2.51. The number of rotatable bonds is 4. The third kappa shape index (κ3) is 3.06. The fourth-order valence-corrected chi connectivity index (χ4v) is 4.00. The van der Waals surface area contributed by atoms with Crippen LogP contribution in [0.4, 0.5) is 0 Å². The standard InChI is InChI=1S/C21H25NO2/c1-2-22-12-13-23-21-19-10-9-18(14-17(19)8-11-20(21)22)24-15-16-6-4-3-5-7-16/h3-7,9-10,14,20-21H,2,8,11-13,15H2,1H3/t20-,21-/m1/s1. The smallest absolute Gasteiger partial charge is 0.120 e. The van der Waals surface area contributed by atoms with E-state index < -0.39 is 0 Å². The van der Waals surface area contributed by atoms with Gasteiger partial charge in [0.05, 0.1) is 12.7 Å². The molecule has 24 heavy (non-hydrogen) atoms. The van der Waals surface area contributed by atoms with Crippen LogP contribution in [0.2, 0.25) is 0 Å². The zero-order chi connectivity index (χ0) is 16.4. The van der Waals surface area contributed by atoms with Gasteiger partial charge in [-0.15, -0.1) is 0 Å². The van der Waals surface area contributed by atoms with E-state index in [1.807, 2.05) is 18.2 Å². The molecule has 1 saturated heterocycles. The van der Waals surface area contributed by atoms with Crippen molar-refractivity contribution in [1.82, 2.24) is 4.90 Å². The molecule has 0 bridgehead atoms. The molecule has 1 fully saturated rings. The van der Waals surface area contributed by atoms with Gasteiger partial charge in [-0.05, 0) is 48.2 Å². The molecule has 126 valence electrons. The van der Waals surface area contributed by atoms with Crippen LogP contribution in [0.15, 0.2) is 48.5 Å². The van der Waals surface area contributed by atoms with Gasteiger partial charge in [-0.2, -0.15) is 0 Å². The van der Waals surface area contributed by atoms with Crippen molar-refractivity contribution in [2.75, 3.05) is 19.7 Å². The summed E-state index contributed by atoms with van der Waals surface area (Å²) in [5, 5.41) is 0. The molecule has 2 atom stereocenters. The average molecular weight is 323 g/mol. The molecule has 1 heterocycles. The normalized spacial score (nSPS) is 23.4. The highest BCUT2D eigenvalue weighted by Gasteiger charge is 2.36. The SMILES string of the molecule is CCN1CCO[C@@H]2c3ccc(OCc4ccccc4)cc3CC[C@H]21. The molecule has 1 aliphatic heterocycles. The highest BCUT2D eigenvalue weighted by molar-refractivity contribution is 5.40. The van der Waals surface area contributed by atoms with Crippen molar-refractivity contribution in [3.63, 3.8) is 0 Å². The lowest BCUT2D eigenvalue weighted by Crippen LogP contribution is -2.48. The molecule has 0 aromatic heterocycles. The molecule has 0 radical (unpaired) electrons. The van der Waals surface area contributed by atoms with Crippen molar-refractivity contribution in [3.8, 4) is 5.75 Å². The number of hydrogen-bond donors (Lipinski definition) is 0. The van der Waals surface area contributed by atoms with E-state index in [-0.39, 0.29) is 6.10 Å². The van der Waals surface area contributed by atoms with Crippen molar-refractivity contribution in [2.45, 2.75) is 38.5 Å². The third-order valence-corrected chi connectivity index (χ3v) is 5.28. The molecular weight excluding hydrogens is 298 g/mol. The minimum absolute atomic E-state index is 0.227. The molecule has 0 spiro atoms. The van der Waals surface area contributed by atoms with Crippen LogP contribution < -0.4 is 4.74 Å². The van der Waals surface area contributed by atoms with Gasteiger partial charge >= 0.3 is 0 Å². The number of likely N-dealkylation sites (N-methyl/N-ethyl adjacent to an activating group) is 1. The second kappa shape index (κ2) is 6.96. The van der Waals surface area contributed by atoms with E-state index in [4.69, 9.17) is 9.47 Å². The lowest BCUT2D eigenvalue weighted by molar-refractivity contribution is -0.0784. The number of benzene rings is 2. The van der Waals surface area contributed by atoms with Gasteiger partial charge in [-0.1, -0.05) is 43.3 Å². The predicted octanol–water partition coefficient (Wildman–Crippen LogP) is 3.97. The van der Waals surface area contributed by atoms with E-state index in [1.165, 1.54) is 23.1 Å². The fourth-order valence-electron chi connectivity index (χ4n) is 4.00. The summed E-state index contributed by atoms with van der Waals surface area (Å²) in [4.78, 5) is 2.57. The molecular formula is C21H25NO2. The molecule has 1 aliphatic carbocycles. The number of morpholine rings is 1. The van der Waals surface area contributed by atoms with Gasteiger partial charge in [0.25, 0.3) is 0 Å². The highest BCUT2D eigenvalue weighted by Crippen LogP contribution is 2.39. The molecule has 0 saturated carbocycles. The summed E-state index contributed by atoms with van der Waals surface area (Å²) >= 11 is 0. The first-order valence-electron chi connectivity index (χ1n) is 9.00. The van der Waals surface area contributed by atoms with Crippen LogP contribution in [0.1, 0.15) is 36.1 Å². The van der Waals surface area contributed by atoms with Crippen molar-refractivity contribution >= 4 is 0 Å². The Labute approximate surface area is 144 Å². The van der Waals surface area contributed by atoms with Crippen LogP contribution in [0, 0.1) is 0 Å². The van der Waals surface area contributed by atoms with Gasteiger partial charge in [-0.25, -0.2) is 0 Å². The lowest BCUT2D eigenvalue weighted by Gasteiger charge is -2.44. The Bertz CT molecular complexity index is 685. The maximum atomic E-state index is 6.13. The first-order chi connectivity index (χ1) is 11.8. The number of aryl methyl sites for hydroxylation is 1. The van der Waals surface area contributed by atoms with E-state index in [0.717, 1.165) is 31.9 Å². The van der Waals surface area contributed by atoms with Crippen LogP contribution in [-0.4, -0.2) is 30.6 Å². The molecule has 3 heteroatoms. The maximum absolute atomic E-state index is 6.13. The van der Waals surface area contributed by atoms with Crippen LogP contribution in [0.25, 0.3) is 0 Å². The first-order valence-corrected chi connectivity index (χ1v) is 9.00. The first kappa shape index (κ1) is 15.7. The molecule has 0 unspecified atom stereocenters. The molecule has 0 amide bonds. The average Bonchev–Trinajstić information content (AvgIpc) is 2.66. The summed E-state index contributed by atoms with van der Waals surface area (Å²) in [7, 11) is 0. The zero-order valence-electron chi connectivity index (χ0n) is 14.3. The van der Waals surface area contributed by atoms with Gasteiger partial charge in [-0.3, -0.25) is 4.90 Å². The van der Waals surface area contributed by atoms with Crippen molar-refractivity contribution in [2.24, 2.45) is 0 Å². The summed E-state index contributed by atoms with van der Waals surface area (Å²) in [5.41, 5.74) is 3.95. The van der Waals surface area contributed by atoms with E-state index in [2.05, 4.69) is 42.2 Å². The Balaban J connectivity index is 1.50. The monoisotopic (exact) mass is 323 g/mol. The summed E-state index contributed by atoms with van der Waals surface area (Å²) in [6.45, 7) is 5.87. The zero-order valence-corrected chi connectivity index (χ0v) is 14.3. The third-order valence-electron chi connectivity index (χ3n) is 5.28. The number of hydrogen-bond acceptors (Lipinski definition) is 3. The van der Waals surface area contributed by atoms with E-state index in [0.29, 0.717) is 12.6 Å². The Hall–Kier alpha value is -1.84. The van der Waals surface area contributed by atoms with Gasteiger partial charge in [0.2, 0.25) is 0 Å². The van der Waals surface area contributed by atoms with Gasteiger partial charge in [0.15, 0.2) is 0 Å². The van der Waals surface area contributed by atoms with Crippen LogP contribution in [0.3, 0.4) is 0 Å². The summed E-state index contributed by atoms with van der Waals surface area (Å²) < 4.78 is 12.1. The topological polar surface area (TPSA) is 21.7 Å². The molecule has 2 aromatic carbocycles. The Kier molecular flexibility index (Phi) is 4.54. The number of nitrogens with zero attached hydrogens (tertiary/aromatic N) is 1. The van der Waals surface area contributed by atoms with Crippen molar-refractivity contribution in [1.29, 1.82) is 0 Å². The Morgan fingerprint density at radius 3 is 2.88 bits per heavy atom. The van der Waals surface area contributed by atoms with Gasteiger partial charge < -0.3 is 9.47 Å². The molecule has 3 nitrogen and oxygen atoms in total. The van der Waals surface area contributed by atoms with Crippen molar-refractivity contribution in [3.05, 3.63) is 65.2 Å². The van der Waals surface area contributed by atoms with E-state index in [1.54, 1.807) is 0 Å². The quantitative estimate of drug-likeness (QED) is 0.850. The fraction of sp³-hybridized carbons (Fsp3) is 0.429. The molecule has 2 aromatic rings. The lowest BCUT2D eigenvalue weighted by atomic mass is 9.84. The largest absolute Gasteiger partial charge is 0.489 e.